The summed E-state index contributed by atoms with van der Waals surface area (Å²) < 4.78 is 0. The molecule has 0 radical (unpaired) electrons. The topological polar surface area (TPSA) is 38.8 Å². The van der Waals surface area contributed by atoms with Crippen molar-refractivity contribution in [3.63, 3.8) is 0 Å². The van der Waals surface area contributed by atoms with Crippen LogP contribution in [-0.4, -0.2) is 79.1 Å². The summed E-state index contributed by atoms with van der Waals surface area (Å²) in [5.41, 5.74) is 1.45. The maximum absolute atomic E-state index is 12.6. The Morgan fingerprint density at radius 1 is 1.12 bits per heavy atom. The quantitative estimate of drug-likeness (QED) is 0.888. The minimum atomic E-state index is 0.0976. The molecule has 0 spiro atoms. The van der Waals surface area contributed by atoms with Gasteiger partial charge in [-0.15, -0.1) is 0 Å². The van der Waals surface area contributed by atoms with Crippen LogP contribution in [0.3, 0.4) is 0 Å². The molecule has 2 saturated heterocycles. The summed E-state index contributed by atoms with van der Waals surface area (Å²) in [5.74, 6) is 0. The molecule has 2 aliphatic heterocycles. The summed E-state index contributed by atoms with van der Waals surface area (Å²) in [6.07, 6.45) is 3.10. The summed E-state index contributed by atoms with van der Waals surface area (Å²) >= 11 is 0. The van der Waals surface area contributed by atoms with Crippen molar-refractivity contribution >= 4 is 6.03 Å². The normalized spacial score (nSPS) is 25.3. The summed E-state index contributed by atoms with van der Waals surface area (Å²) in [7, 11) is 2.19. The SMILES string of the molecule is CCC1(N2CCN(C)CC2)CCN(C(=O)NCCc2ccccc2)C1. The third kappa shape index (κ3) is 4.33. The summed E-state index contributed by atoms with van der Waals surface area (Å²) in [4.78, 5) is 19.6. The second-order valence-electron chi connectivity index (χ2n) is 7.51. The number of amides is 2. The second-order valence-corrected chi connectivity index (χ2v) is 7.51. The average Bonchev–Trinajstić information content (AvgIpc) is 3.09. The molecule has 138 valence electrons. The van der Waals surface area contributed by atoms with E-state index in [9.17, 15) is 4.79 Å². The number of carbonyl (C=O) groups is 1. The second kappa shape index (κ2) is 8.19. The van der Waals surface area contributed by atoms with Gasteiger partial charge in [0, 0.05) is 51.4 Å². The minimum absolute atomic E-state index is 0.0976. The molecular formula is C20H32N4O. The van der Waals surface area contributed by atoms with Crippen molar-refractivity contribution in [1.82, 2.24) is 20.0 Å². The molecule has 1 atom stereocenters. The smallest absolute Gasteiger partial charge is 0.317 e. The van der Waals surface area contributed by atoms with E-state index in [1.165, 1.54) is 5.56 Å². The Labute approximate surface area is 152 Å². The predicted molar refractivity (Wildman–Crippen MR) is 102 cm³/mol. The van der Waals surface area contributed by atoms with Crippen molar-refractivity contribution in [1.29, 1.82) is 0 Å². The van der Waals surface area contributed by atoms with Crippen molar-refractivity contribution in [3.05, 3.63) is 35.9 Å². The fraction of sp³-hybridized carbons (Fsp3) is 0.650. The number of hydrogen-bond acceptors (Lipinski definition) is 3. The van der Waals surface area contributed by atoms with E-state index in [0.29, 0.717) is 6.54 Å². The van der Waals surface area contributed by atoms with E-state index in [0.717, 1.165) is 58.5 Å². The van der Waals surface area contributed by atoms with Gasteiger partial charge in [0.05, 0.1) is 0 Å². The molecule has 0 aliphatic carbocycles. The standard InChI is InChI=1S/C20H32N4O/c1-3-20(24-15-13-22(2)14-16-24)10-12-23(17-20)19(25)21-11-9-18-7-5-4-6-8-18/h4-8H,3,9-17H2,1-2H3,(H,21,25). The first-order chi connectivity index (χ1) is 12.1. The third-order valence-corrected chi connectivity index (χ3v) is 5.98. The van der Waals surface area contributed by atoms with E-state index in [-0.39, 0.29) is 11.6 Å². The van der Waals surface area contributed by atoms with Crippen molar-refractivity contribution < 1.29 is 4.79 Å². The highest BCUT2D eigenvalue weighted by Crippen LogP contribution is 2.32. The van der Waals surface area contributed by atoms with E-state index < -0.39 is 0 Å². The van der Waals surface area contributed by atoms with Crippen molar-refractivity contribution in [2.45, 2.75) is 31.7 Å². The summed E-state index contributed by atoms with van der Waals surface area (Å²) in [6, 6.07) is 10.4. The Balaban J connectivity index is 1.49. The first kappa shape index (κ1) is 18.2. The lowest BCUT2D eigenvalue weighted by Gasteiger charge is -2.45. The molecule has 1 unspecified atom stereocenters. The highest BCUT2D eigenvalue weighted by Gasteiger charge is 2.43. The summed E-state index contributed by atoms with van der Waals surface area (Å²) in [5, 5.41) is 3.11. The molecule has 2 amide bonds. The number of likely N-dealkylation sites (N-methyl/N-ethyl adjacent to an activating group) is 1. The van der Waals surface area contributed by atoms with Crippen LogP contribution in [0.4, 0.5) is 4.79 Å². The van der Waals surface area contributed by atoms with Crippen molar-refractivity contribution in [3.8, 4) is 0 Å². The number of nitrogens with one attached hydrogen (secondary N) is 1. The molecule has 2 aliphatic rings. The third-order valence-electron chi connectivity index (χ3n) is 5.98. The maximum Gasteiger partial charge on any atom is 0.317 e. The molecule has 2 heterocycles. The fourth-order valence-electron chi connectivity index (χ4n) is 4.15. The van der Waals surface area contributed by atoms with E-state index in [4.69, 9.17) is 0 Å². The van der Waals surface area contributed by atoms with Crippen LogP contribution in [0.25, 0.3) is 0 Å². The molecule has 5 heteroatoms. The number of likely N-dealkylation sites (tertiary alicyclic amines) is 1. The van der Waals surface area contributed by atoms with E-state index in [2.05, 4.69) is 41.2 Å². The number of carbonyl (C=O) groups excluding carboxylic acids is 1. The van der Waals surface area contributed by atoms with Gasteiger partial charge in [-0.2, -0.15) is 0 Å². The monoisotopic (exact) mass is 344 g/mol. The van der Waals surface area contributed by atoms with Crippen LogP contribution in [0.5, 0.6) is 0 Å². The first-order valence-electron chi connectivity index (χ1n) is 9.63. The number of benzene rings is 1. The number of hydrogen-bond donors (Lipinski definition) is 1. The number of nitrogens with zero attached hydrogens (tertiary/aromatic N) is 3. The predicted octanol–water partition coefficient (Wildman–Crippen LogP) is 2.04. The lowest BCUT2D eigenvalue weighted by atomic mass is 9.92. The van der Waals surface area contributed by atoms with Crippen LogP contribution in [0, 0.1) is 0 Å². The Morgan fingerprint density at radius 3 is 2.52 bits per heavy atom. The molecule has 0 bridgehead atoms. The molecule has 25 heavy (non-hydrogen) atoms. The largest absolute Gasteiger partial charge is 0.338 e. The Morgan fingerprint density at radius 2 is 1.84 bits per heavy atom. The average molecular weight is 345 g/mol. The summed E-state index contributed by atoms with van der Waals surface area (Å²) in [6.45, 7) is 9.21. The van der Waals surface area contributed by atoms with Gasteiger partial charge < -0.3 is 15.1 Å². The van der Waals surface area contributed by atoms with Crippen LogP contribution in [0.1, 0.15) is 25.3 Å². The maximum atomic E-state index is 12.6. The number of urea groups is 1. The zero-order valence-electron chi connectivity index (χ0n) is 15.7. The van der Waals surface area contributed by atoms with Crippen LogP contribution in [-0.2, 0) is 6.42 Å². The lowest BCUT2D eigenvalue weighted by Crippen LogP contribution is -2.57. The van der Waals surface area contributed by atoms with Crippen molar-refractivity contribution in [2.75, 3.05) is 52.9 Å². The molecule has 0 saturated carbocycles. The highest BCUT2D eigenvalue weighted by atomic mass is 16.2. The molecule has 1 aromatic carbocycles. The number of rotatable bonds is 5. The molecule has 1 N–H and O–H groups in total. The Bertz CT molecular complexity index is 556. The van der Waals surface area contributed by atoms with Gasteiger partial charge in [-0.1, -0.05) is 37.3 Å². The van der Waals surface area contributed by atoms with E-state index >= 15 is 0 Å². The molecule has 3 rings (SSSR count). The van der Waals surface area contributed by atoms with Crippen LogP contribution >= 0.6 is 0 Å². The molecule has 5 nitrogen and oxygen atoms in total. The van der Waals surface area contributed by atoms with Crippen LogP contribution in [0.15, 0.2) is 30.3 Å². The van der Waals surface area contributed by atoms with Gasteiger partial charge in [0.25, 0.3) is 0 Å². The fourth-order valence-corrected chi connectivity index (χ4v) is 4.15. The van der Waals surface area contributed by atoms with Crippen LogP contribution in [0.2, 0.25) is 0 Å². The Kier molecular flexibility index (Phi) is 5.97. The molecule has 1 aromatic rings. The Hall–Kier alpha value is -1.59. The van der Waals surface area contributed by atoms with E-state index in [1.807, 2.05) is 23.1 Å². The van der Waals surface area contributed by atoms with Crippen LogP contribution < -0.4 is 5.32 Å². The highest BCUT2D eigenvalue weighted by molar-refractivity contribution is 5.74. The minimum Gasteiger partial charge on any atom is -0.338 e. The zero-order chi connectivity index (χ0) is 17.7. The zero-order valence-corrected chi connectivity index (χ0v) is 15.7. The molecule has 0 aromatic heterocycles. The van der Waals surface area contributed by atoms with Gasteiger partial charge in [0.15, 0.2) is 0 Å². The van der Waals surface area contributed by atoms with Gasteiger partial charge in [-0.25, -0.2) is 4.79 Å². The van der Waals surface area contributed by atoms with Gasteiger partial charge in [-0.3, -0.25) is 4.90 Å². The van der Waals surface area contributed by atoms with Crippen molar-refractivity contribution in [2.24, 2.45) is 0 Å². The van der Waals surface area contributed by atoms with Gasteiger partial charge >= 0.3 is 6.03 Å². The van der Waals surface area contributed by atoms with Gasteiger partial charge in [-0.05, 0) is 31.9 Å². The number of piperazine rings is 1. The molecule has 2 fully saturated rings. The van der Waals surface area contributed by atoms with E-state index in [1.54, 1.807) is 0 Å². The lowest BCUT2D eigenvalue weighted by molar-refractivity contribution is 0.0434. The first-order valence-corrected chi connectivity index (χ1v) is 9.63. The van der Waals surface area contributed by atoms with Gasteiger partial charge in [0.2, 0.25) is 0 Å². The molecular weight excluding hydrogens is 312 g/mol. The van der Waals surface area contributed by atoms with Gasteiger partial charge in [0.1, 0.15) is 0 Å².